The molecule has 3 aromatic rings. The molecule has 0 unspecified atom stereocenters. The van der Waals surface area contributed by atoms with E-state index in [0.29, 0.717) is 22.4 Å². The second-order valence-corrected chi connectivity index (χ2v) is 5.06. The van der Waals surface area contributed by atoms with Crippen LogP contribution in [-0.4, -0.2) is 30.3 Å². The maximum absolute atomic E-state index is 14.1. The summed E-state index contributed by atoms with van der Waals surface area (Å²) in [6.45, 7) is 0. The van der Waals surface area contributed by atoms with Gasteiger partial charge in [-0.1, -0.05) is 12.1 Å². The van der Waals surface area contributed by atoms with Gasteiger partial charge in [-0.2, -0.15) is 0 Å². The van der Waals surface area contributed by atoms with Gasteiger partial charge in [0.1, 0.15) is 17.3 Å². The molecular weight excluding hydrogens is 313 g/mol. The molecule has 1 heterocycles. The van der Waals surface area contributed by atoms with Gasteiger partial charge in [-0.05, 0) is 18.2 Å². The average molecular weight is 327 g/mol. The number of nitrogens with zero attached hydrogens (tertiary/aromatic N) is 1. The van der Waals surface area contributed by atoms with Crippen LogP contribution in [0, 0.1) is 5.82 Å². The van der Waals surface area contributed by atoms with Crippen molar-refractivity contribution in [1.29, 1.82) is 0 Å². The first-order valence-electron chi connectivity index (χ1n) is 7.10. The van der Waals surface area contributed by atoms with Crippen molar-refractivity contribution in [3.8, 4) is 22.8 Å². The summed E-state index contributed by atoms with van der Waals surface area (Å²) >= 11 is 0. The Bertz CT molecular complexity index is 940. The summed E-state index contributed by atoms with van der Waals surface area (Å²) in [6.07, 6.45) is 0. The molecule has 24 heavy (non-hydrogen) atoms. The Balaban J connectivity index is 2.39. The Kier molecular flexibility index (Phi) is 4.04. The number of ether oxygens (including phenoxy) is 2. The van der Waals surface area contributed by atoms with Gasteiger partial charge in [0.05, 0.1) is 36.4 Å². The molecule has 0 aliphatic rings. The first-order valence-corrected chi connectivity index (χ1v) is 7.10. The van der Waals surface area contributed by atoms with E-state index in [-0.39, 0.29) is 16.8 Å². The Morgan fingerprint density at radius 3 is 2.50 bits per heavy atom. The zero-order valence-corrected chi connectivity index (χ0v) is 13.0. The van der Waals surface area contributed by atoms with Crippen molar-refractivity contribution in [3.05, 3.63) is 53.8 Å². The summed E-state index contributed by atoms with van der Waals surface area (Å²) in [5.74, 6) is -0.831. The highest BCUT2D eigenvalue weighted by molar-refractivity contribution is 6.06. The minimum atomic E-state index is -1.15. The predicted octanol–water partition coefficient (Wildman–Crippen LogP) is 3.76. The van der Waals surface area contributed by atoms with Gasteiger partial charge in [0, 0.05) is 17.7 Å². The van der Waals surface area contributed by atoms with Crippen LogP contribution in [-0.2, 0) is 0 Å². The minimum Gasteiger partial charge on any atom is -0.497 e. The third-order valence-electron chi connectivity index (χ3n) is 3.68. The average Bonchev–Trinajstić information content (AvgIpc) is 2.59. The van der Waals surface area contributed by atoms with E-state index in [9.17, 15) is 14.3 Å². The molecular formula is C18H14FNO4. The summed E-state index contributed by atoms with van der Waals surface area (Å²) < 4.78 is 24.5. The van der Waals surface area contributed by atoms with Gasteiger partial charge in [0.15, 0.2) is 0 Å². The summed E-state index contributed by atoms with van der Waals surface area (Å²) in [5, 5.41) is 9.90. The summed E-state index contributed by atoms with van der Waals surface area (Å²) in [5.41, 5.74) is 0.791. The molecule has 3 rings (SSSR count). The molecule has 2 aromatic carbocycles. The van der Waals surface area contributed by atoms with Crippen LogP contribution in [0.5, 0.6) is 11.5 Å². The van der Waals surface area contributed by atoms with Gasteiger partial charge in [-0.15, -0.1) is 0 Å². The number of aromatic carboxylic acids is 1. The Labute approximate surface area is 137 Å². The lowest BCUT2D eigenvalue weighted by Crippen LogP contribution is -2.03. The maximum Gasteiger partial charge on any atom is 0.336 e. The van der Waals surface area contributed by atoms with Crippen molar-refractivity contribution in [2.24, 2.45) is 0 Å². The number of carboxylic acids is 1. The number of halogens is 1. The number of hydrogen-bond donors (Lipinski definition) is 1. The van der Waals surface area contributed by atoms with Crippen molar-refractivity contribution >= 4 is 16.9 Å². The van der Waals surface area contributed by atoms with Gasteiger partial charge in [-0.25, -0.2) is 14.2 Å². The van der Waals surface area contributed by atoms with Crippen LogP contribution in [0.15, 0.2) is 42.5 Å². The van der Waals surface area contributed by atoms with Crippen LogP contribution in [0.3, 0.4) is 0 Å². The Hall–Kier alpha value is -3.15. The fourth-order valence-corrected chi connectivity index (χ4v) is 2.56. The number of benzene rings is 2. The van der Waals surface area contributed by atoms with Crippen molar-refractivity contribution < 1.29 is 23.8 Å². The number of carbonyl (C=O) groups is 1. The molecule has 0 saturated heterocycles. The lowest BCUT2D eigenvalue weighted by Gasteiger charge is -2.12. The van der Waals surface area contributed by atoms with Gasteiger partial charge < -0.3 is 14.6 Å². The number of hydrogen-bond acceptors (Lipinski definition) is 4. The smallest absolute Gasteiger partial charge is 0.336 e. The molecule has 1 aromatic heterocycles. The van der Waals surface area contributed by atoms with Crippen LogP contribution in [0.2, 0.25) is 0 Å². The van der Waals surface area contributed by atoms with E-state index in [1.807, 2.05) is 0 Å². The second kappa shape index (κ2) is 6.16. The van der Waals surface area contributed by atoms with Gasteiger partial charge >= 0.3 is 5.97 Å². The number of aromatic nitrogens is 1. The molecule has 0 aliphatic carbocycles. The fraction of sp³-hybridized carbons (Fsp3) is 0.111. The van der Waals surface area contributed by atoms with E-state index in [0.717, 1.165) is 0 Å². The number of carboxylic acid groups (broad SMARTS) is 1. The Morgan fingerprint density at radius 2 is 1.88 bits per heavy atom. The van der Waals surface area contributed by atoms with Gasteiger partial charge in [0.25, 0.3) is 0 Å². The van der Waals surface area contributed by atoms with E-state index >= 15 is 0 Å². The summed E-state index contributed by atoms with van der Waals surface area (Å²) in [7, 11) is 2.92. The second-order valence-electron chi connectivity index (χ2n) is 5.06. The molecule has 0 saturated carbocycles. The topological polar surface area (TPSA) is 68.7 Å². The monoisotopic (exact) mass is 327 g/mol. The zero-order chi connectivity index (χ0) is 17.3. The lowest BCUT2D eigenvalue weighted by molar-refractivity contribution is 0.0698. The SMILES string of the molecule is COc1cc(OC)c2c(C(=O)O)cc(-c3ccccc3F)nc2c1. The van der Waals surface area contributed by atoms with Crippen molar-refractivity contribution in [1.82, 2.24) is 4.98 Å². The number of rotatable bonds is 4. The largest absolute Gasteiger partial charge is 0.497 e. The molecule has 0 bridgehead atoms. The van der Waals surface area contributed by atoms with E-state index in [4.69, 9.17) is 9.47 Å². The third-order valence-corrected chi connectivity index (χ3v) is 3.68. The number of methoxy groups -OCH3 is 2. The highest BCUT2D eigenvalue weighted by Gasteiger charge is 2.19. The zero-order valence-electron chi connectivity index (χ0n) is 13.0. The van der Waals surface area contributed by atoms with E-state index in [1.54, 1.807) is 30.3 Å². The molecule has 122 valence electrons. The lowest BCUT2D eigenvalue weighted by atomic mass is 10.0. The van der Waals surface area contributed by atoms with Gasteiger partial charge in [0.2, 0.25) is 0 Å². The molecule has 0 fully saturated rings. The molecule has 5 nitrogen and oxygen atoms in total. The molecule has 0 atom stereocenters. The van der Waals surface area contributed by atoms with E-state index in [2.05, 4.69) is 4.98 Å². The van der Waals surface area contributed by atoms with Crippen LogP contribution >= 0.6 is 0 Å². The standard InChI is InChI=1S/C18H14FNO4/c1-23-10-7-15-17(16(8-10)24-2)12(18(21)22)9-14(20-15)11-5-3-4-6-13(11)19/h3-9H,1-2H3,(H,21,22). The third kappa shape index (κ3) is 2.62. The van der Waals surface area contributed by atoms with Crippen LogP contribution < -0.4 is 9.47 Å². The van der Waals surface area contributed by atoms with Crippen LogP contribution in [0.25, 0.3) is 22.2 Å². The Morgan fingerprint density at radius 1 is 1.12 bits per heavy atom. The minimum absolute atomic E-state index is 0.0160. The molecule has 0 amide bonds. The van der Waals surface area contributed by atoms with Gasteiger partial charge in [-0.3, -0.25) is 0 Å². The highest BCUT2D eigenvalue weighted by Crippen LogP contribution is 2.35. The van der Waals surface area contributed by atoms with Crippen LogP contribution in [0.1, 0.15) is 10.4 Å². The normalized spacial score (nSPS) is 10.6. The first-order chi connectivity index (χ1) is 11.5. The number of fused-ring (bicyclic) bond motifs is 1. The predicted molar refractivity (Wildman–Crippen MR) is 87.2 cm³/mol. The van der Waals surface area contributed by atoms with E-state index in [1.165, 1.54) is 26.4 Å². The molecule has 0 aliphatic heterocycles. The van der Waals surface area contributed by atoms with Crippen LogP contribution in [0.4, 0.5) is 4.39 Å². The first kappa shape index (κ1) is 15.7. The van der Waals surface area contributed by atoms with Crippen molar-refractivity contribution in [2.75, 3.05) is 14.2 Å². The highest BCUT2D eigenvalue weighted by atomic mass is 19.1. The van der Waals surface area contributed by atoms with Crippen molar-refractivity contribution in [2.45, 2.75) is 0 Å². The molecule has 0 spiro atoms. The molecule has 0 radical (unpaired) electrons. The summed E-state index contributed by atoms with van der Waals surface area (Å²) in [4.78, 5) is 16.1. The molecule has 6 heteroatoms. The quantitative estimate of drug-likeness (QED) is 0.790. The van der Waals surface area contributed by atoms with E-state index < -0.39 is 11.8 Å². The molecule has 1 N–H and O–H groups in total. The fourth-order valence-electron chi connectivity index (χ4n) is 2.56. The number of pyridine rings is 1. The maximum atomic E-state index is 14.1. The van der Waals surface area contributed by atoms with Crippen molar-refractivity contribution in [3.63, 3.8) is 0 Å². The summed E-state index contributed by atoms with van der Waals surface area (Å²) in [6, 6.07) is 10.6.